The lowest BCUT2D eigenvalue weighted by Gasteiger charge is -2.20. The van der Waals surface area contributed by atoms with Crippen LogP contribution in [0.15, 0.2) is 30.3 Å². The highest BCUT2D eigenvalue weighted by molar-refractivity contribution is 7.11. The van der Waals surface area contributed by atoms with Gasteiger partial charge in [0, 0.05) is 12.6 Å². The van der Waals surface area contributed by atoms with E-state index in [0.717, 1.165) is 22.7 Å². The van der Waals surface area contributed by atoms with Gasteiger partial charge >= 0.3 is 0 Å². The summed E-state index contributed by atoms with van der Waals surface area (Å²) >= 11 is 1.45. The molecule has 1 atom stereocenters. The van der Waals surface area contributed by atoms with Crippen molar-refractivity contribution in [2.45, 2.75) is 18.9 Å². The average molecular weight is 288 g/mol. The van der Waals surface area contributed by atoms with E-state index in [0.29, 0.717) is 11.9 Å². The highest BCUT2D eigenvalue weighted by Gasteiger charge is 2.21. The van der Waals surface area contributed by atoms with Crippen molar-refractivity contribution in [1.29, 1.82) is 0 Å². The lowest BCUT2D eigenvalue weighted by molar-refractivity contribution is 0.322. The molecule has 0 amide bonds. The third-order valence-electron chi connectivity index (χ3n) is 3.95. The number of nitrogens with zero attached hydrogens (tertiary/aromatic N) is 2. The highest BCUT2D eigenvalue weighted by Crippen LogP contribution is 2.36. The normalized spacial score (nSPS) is 19.4. The molecule has 0 aliphatic carbocycles. The van der Waals surface area contributed by atoms with Crippen LogP contribution in [0.4, 0.5) is 10.8 Å². The quantitative estimate of drug-likeness (QED) is 0.908. The van der Waals surface area contributed by atoms with E-state index in [1.165, 1.54) is 30.9 Å². The van der Waals surface area contributed by atoms with Gasteiger partial charge in [-0.05, 0) is 43.5 Å². The Kier molecular flexibility index (Phi) is 3.89. The Morgan fingerprint density at radius 1 is 1.40 bits per heavy atom. The van der Waals surface area contributed by atoms with Crippen molar-refractivity contribution in [2.24, 2.45) is 0 Å². The van der Waals surface area contributed by atoms with Gasteiger partial charge in [0.05, 0.1) is 5.56 Å². The van der Waals surface area contributed by atoms with E-state index < -0.39 is 0 Å². The molecule has 3 N–H and O–H groups in total. The summed E-state index contributed by atoms with van der Waals surface area (Å²) in [6.45, 7) is 2.15. The van der Waals surface area contributed by atoms with Crippen LogP contribution in [0.3, 0.4) is 0 Å². The number of anilines is 2. The molecule has 2 aromatic rings. The number of hydrogen-bond acceptors (Lipinski definition) is 5. The summed E-state index contributed by atoms with van der Waals surface area (Å²) in [7, 11) is 2.19. The molecule has 1 saturated heterocycles. The van der Waals surface area contributed by atoms with Gasteiger partial charge in [-0.3, -0.25) is 0 Å². The maximum atomic E-state index is 6.03. The fourth-order valence-electron chi connectivity index (χ4n) is 2.75. The monoisotopic (exact) mass is 288 g/mol. The SMILES string of the molecule is CN1CCCC1CNc1snc(N)c1-c1ccccc1. The maximum absolute atomic E-state index is 6.03. The molecule has 2 heterocycles. The first kappa shape index (κ1) is 13.4. The fourth-order valence-corrected chi connectivity index (χ4v) is 3.50. The molecule has 1 aliphatic rings. The molecule has 0 bridgehead atoms. The van der Waals surface area contributed by atoms with Crippen LogP contribution < -0.4 is 11.1 Å². The van der Waals surface area contributed by atoms with Crippen molar-refractivity contribution in [3.05, 3.63) is 30.3 Å². The Labute approximate surface area is 123 Å². The van der Waals surface area contributed by atoms with Crippen LogP contribution in [0, 0.1) is 0 Å². The van der Waals surface area contributed by atoms with Gasteiger partial charge in [0.15, 0.2) is 0 Å². The first-order valence-electron chi connectivity index (χ1n) is 7.00. The Bertz CT molecular complexity index is 567. The number of nitrogens with two attached hydrogens (primary N) is 1. The summed E-state index contributed by atoms with van der Waals surface area (Å²) in [4.78, 5) is 2.42. The van der Waals surface area contributed by atoms with Crippen LogP contribution in [-0.2, 0) is 0 Å². The first-order valence-corrected chi connectivity index (χ1v) is 7.77. The molecule has 0 saturated carbocycles. The molecule has 1 fully saturated rings. The lowest BCUT2D eigenvalue weighted by atomic mass is 10.1. The van der Waals surface area contributed by atoms with E-state index in [1.54, 1.807) is 0 Å². The van der Waals surface area contributed by atoms with Crippen LogP contribution in [-0.4, -0.2) is 35.5 Å². The fraction of sp³-hybridized carbons (Fsp3) is 0.400. The molecule has 106 valence electrons. The number of likely N-dealkylation sites (N-methyl/N-ethyl adjacent to an activating group) is 1. The summed E-state index contributed by atoms with van der Waals surface area (Å²) in [5.41, 5.74) is 8.20. The molecule has 0 spiro atoms. The summed E-state index contributed by atoms with van der Waals surface area (Å²) in [6, 6.07) is 10.8. The maximum Gasteiger partial charge on any atom is 0.147 e. The standard InChI is InChI=1S/C15H20N4S/c1-19-9-5-8-12(19)10-17-15-13(14(16)18-20-15)11-6-3-2-4-7-11/h2-4,6-7,12,17H,5,8-10H2,1H3,(H2,16,18). The van der Waals surface area contributed by atoms with Crippen molar-refractivity contribution in [2.75, 3.05) is 31.2 Å². The van der Waals surface area contributed by atoms with Gasteiger partial charge < -0.3 is 16.0 Å². The van der Waals surface area contributed by atoms with E-state index in [9.17, 15) is 0 Å². The zero-order chi connectivity index (χ0) is 13.9. The van der Waals surface area contributed by atoms with E-state index in [4.69, 9.17) is 5.73 Å². The molecule has 1 aliphatic heterocycles. The van der Waals surface area contributed by atoms with Gasteiger partial charge in [-0.25, -0.2) is 0 Å². The zero-order valence-electron chi connectivity index (χ0n) is 11.7. The van der Waals surface area contributed by atoms with Gasteiger partial charge in [-0.2, -0.15) is 4.37 Å². The van der Waals surface area contributed by atoms with E-state index in [1.807, 2.05) is 18.2 Å². The summed E-state index contributed by atoms with van der Waals surface area (Å²) in [6.07, 6.45) is 2.55. The Hall–Kier alpha value is -1.59. The molecule has 5 heteroatoms. The van der Waals surface area contributed by atoms with E-state index in [-0.39, 0.29) is 0 Å². The van der Waals surface area contributed by atoms with Crippen molar-refractivity contribution in [3.8, 4) is 11.1 Å². The second-order valence-electron chi connectivity index (χ2n) is 5.30. The molecule has 20 heavy (non-hydrogen) atoms. The van der Waals surface area contributed by atoms with Crippen LogP contribution in [0.1, 0.15) is 12.8 Å². The summed E-state index contributed by atoms with van der Waals surface area (Å²) in [5, 5.41) is 4.62. The predicted octanol–water partition coefficient (Wildman–Crippen LogP) is 2.90. The van der Waals surface area contributed by atoms with Crippen molar-refractivity contribution >= 4 is 22.4 Å². The molecule has 1 aromatic carbocycles. The second-order valence-corrected chi connectivity index (χ2v) is 6.07. The topological polar surface area (TPSA) is 54.2 Å². The van der Waals surface area contributed by atoms with Crippen molar-refractivity contribution in [1.82, 2.24) is 9.27 Å². The molecule has 1 aromatic heterocycles. The molecule has 3 rings (SSSR count). The minimum atomic E-state index is 0.613. The van der Waals surface area contributed by atoms with Crippen LogP contribution in [0.2, 0.25) is 0 Å². The van der Waals surface area contributed by atoms with Crippen LogP contribution in [0.5, 0.6) is 0 Å². The molecular weight excluding hydrogens is 268 g/mol. The largest absolute Gasteiger partial charge is 0.382 e. The molecule has 1 unspecified atom stereocenters. The minimum absolute atomic E-state index is 0.613. The lowest BCUT2D eigenvalue weighted by Crippen LogP contribution is -2.31. The number of nitrogen functional groups attached to an aromatic ring is 1. The van der Waals surface area contributed by atoms with Crippen LogP contribution in [0.25, 0.3) is 11.1 Å². The summed E-state index contributed by atoms with van der Waals surface area (Å²) in [5.74, 6) is 0.614. The number of hydrogen-bond donors (Lipinski definition) is 2. The first-order chi connectivity index (χ1) is 9.75. The highest BCUT2D eigenvalue weighted by atomic mass is 32.1. The van der Waals surface area contributed by atoms with Gasteiger partial charge in [0.1, 0.15) is 10.8 Å². The second kappa shape index (κ2) is 5.81. The number of nitrogens with one attached hydrogen (secondary N) is 1. The third kappa shape index (κ3) is 2.64. The summed E-state index contributed by atoms with van der Waals surface area (Å²) < 4.78 is 4.30. The zero-order valence-corrected chi connectivity index (χ0v) is 12.5. The number of aromatic nitrogens is 1. The van der Waals surface area contributed by atoms with Crippen molar-refractivity contribution in [3.63, 3.8) is 0 Å². The van der Waals surface area contributed by atoms with Gasteiger partial charge in [0.2, 0.25) is 0 Å². The Morgan fingerprint density at radius 2 is 2.20 bits per heavy atom. The smallest absolute Gasteiger partial charge is 0.147 e. The Balaban J connectivity index is 1.77. The Morgan fingerprint density at radius 3 is 2.90 bits per heavy atom. The predicted molar refractivity (Wildman–Crippen MR) is 86.1 cm³/mol. The number of benzene rings is 1. The number of rotatable bonds is 4. The number of likely N-dealkylation sites (tertiary alicyclic amines) is 1. The van der Waals surface area contributed by atoms with E-state index in [2.05, 4.69) is 33.8 Å². The average Bonchev–Trinajstić information content (AvgIpc) is 3.03. The molecule has 0 radical (unpaired) electrons. The van der Waals surface area contributed by atoms with Gasteiger partial charge in [-0.15, -0.1) is 0 Å². The molecular formula is C15H20N4S. The van der Waals surface area contributed by atoms with Crippen molar-refractivity contribution < 1.29 is 0 Å². The van der Waals surface area contributed by atoms with E-state index >= 15 is 0 Å². The molecule has 4 nitrogen and oxygen atoms in total. The van der Waals surface area contributed by atoms with Gasteiger partial charge in [-0.1, -0.05) is 30.3 Å². The van der Waals surface area contributed by atoms with Gasteiger partial charge in [0.25, 0.3) is 0 Å². The van der Waals surface area contributed by atoms with Crippen LogP contribution >= 0.6 is 11.5 Å². The third-order valence-corrected chi connectivity index (χ3v) is 4.77. The minimum Gasteiger partial charge on any atom is -0.382 e.